The molecule has 96 valence electrons. The maximum atomic E-state index is 11.5. The third-order valence-corrected chi connectivity index (χ3v) is 3.03. The van der Waals surface area contributed by atoms with Gasteiger partial charge in [0, 0.05) is 0 Å². The summed E-state index contributed by atoms with van der Waals surface area (Å²) >= 11 is 0. The van der Waals surface area contributed by atoms with Gasteiger partial charge in [-0.05, 0) is 17.5 Å². The van der Waals surface area contributed by atoms with E-state index in [9.17, 15) is 4.79 Å². The molecule has 0 aliphatic carbocycles. The Balaban J connectivity index is 2.07. The van der Waals surface area contributed by atoms with Crippen LogP contribution in [0.25, 0.3) is 6.08 Å². The Morgan fingerprint density at radius 1 is 1.00 bits per heavy atom. The lowest BCUT2D eigenvalue weighted by molar-refractivity contribution is -0.119. The topological polar surface area (TPSA) is 43.1 Å². The third-order valence-electron chi connectivity index (χ3n) is 3.03. The number of rotatable bonds is 5. The zero-order valence-electron chi connectivity index (χ0n) is 10.7. The summed E-state index contributed by atoms with van der Waals surface area (Å²) in [5, 5.41) is 0. The fourth-order valence-electron chi connectivity index (χ4n) is 2.01. The van der Waals surface area contributed by atoms with Crippen LogP contribution in [0.3, 0.4) is 0 Å². The maximum Gasteiger partial charge on any atom is 0.225 e. The second-order valence-electron chi connectivity index (χ2n) is 4.41. The van der Waals surface area contributed by atoms with E-state index in [2.05, 4.69) is 0 Å². The zero-order valence-corrected chi connectivity index (χ0v) is 10.7. The van der Waals surface area contributed by atoms with Gasteiger partial charge < -0.3 is 5.73 Å². The number of nitrogens with two attached hydrogens (primary N) is 1. The van der Waals surface area contributed by atoms with Crippen molar-refractivity contribution in [3.63, 3.8) is 0 Å². The standard InChI is InChI=1S/C17H17NO/c18-17(19)16(15-11-5-2-6-12-15)13-7-10-14-8-3-1-4-9-14/h1-12,16H,13H2,(H2,18,19)/b10-7+. The van der Waals surface area contributed by atoms with Crippen LogP contribution in [-0.4, -0.2) is 5.91 Å². The number of amides is 1. The van der Waals surface area contributed by atoms with Crippen molar-refractivity contribution in [3.8, 4) is 0 Å². The quantitative estimate of drug-likeness (QED) is 0.870. The van der Waals surface area contributed by atoms with Crippen molar-refractivity contribution in [2.45, 2.75) is 12.3 Å². The van der Waals surface area contributed by atoms with Crippen molar-refractivity contribution in [1.82, 2.24) is 0 Å². The molecule has 1 atom stereocenters. The second kappa shape index (κ2) is 6.55. The molecule has 0 aliphatic rings. The Morgan fingerprint density at radius 3 is 2.16 bits per heavy atom. The van der Waals surface area contributed by atoms with Crippen LogP contribution in [0, 0.1) is 0 Å². The molecule has 0 spiro atoms. The molecular weight excluding hydrogens is 234 g/mol. The number of primary amides is 1. The molecule has 19 heavy (non-hydrogen) atoms. The molecule has 0 saturated heterocycles. The first kappa shape index (κ1) is 13.1. The number of allylic oxidation sites excluding steroid dienone is 1. The first-order valence-electron chi connectivity index (χ1n) is 6.33. The van der Waals surface area contributed by atoms with Gasteiger partial charge in [-0.15, -0.1) is 0 Å². The summed E-state index contributed by atoms with van der Waals surface area (Å²) in [6.07, 6.45) is 4.63. The van der Waals surface area contributed by atoms with Crippen molar-refractivity contribution in [2.75, 3.05) is 0 Å². The highest BCUT2D eigenvalue weighted by molar-refractivity contribution is 5.82. The maximum absolute atomic E-state index is 11.5. The minimum absolute atomic E-state index is 0.263. The lowest BCUT2D eigenvalue weighted by Crippen LogP contribution is -2.20. The van der Waals surface area contributed by atoms with E-state index in [4.69, 9.17) is 5.73 Å². The van der Waals surface area contributed by atoms with Crippen LogP contribution < -0.4 is 5.73 Å². The summed E-state index contributed by atoms with van der Waals surface area (Å²) in [5.74, 6) is -0.551. The summed E-state index contributed by atoms with van der Waals surface area (Å²) < 4.78 is 0. The summed E-state index contributed by atoms with van der Waals surface area (Å²) in [6.45, 7) is 0. The summed E-state index contributed by atoms with van der Waals surface area (Å²) in [7, 11) is 0. The first-order valence-corrected chi connectivity index (χ1v) is 6.33. The van der Waals surface area contributed by atoms with Gasteiger partial charge in [-0.3, -0.25) is 4.79 Å². The first-order chi connectivity index (χ1) is 9.27. The Kier molecular flexibility index (Phi) is 4.51. The van der Waals surface area contributed by atoms with Gasteiger partial charge in [-0.1, -0.05) is 72.8 Å². The van der Waals surface area contributed by atoms with Crippen molar-refractivity contribution in [2.24, 2.45) is 5.73 Å². The molecule has 2 nitrogen and oxygen atoms in total. The van der Waals surface area contributed by atoms with Gasteiger partial charge >= 0.3 is 0 Å². The number of hydrogen-bond donors (Lipinski definition) is 1. The average Bonchev–Trinajstić information content (AvgIpc) is 2.45. The molecule has 0 saturated carbocycles. The highest BCUT2D eigenvalue weighted by Crippen LogP contribution is 2.20. The predicted octanol–water partition coefficient (Wildman–Crippen LogP) is 3.36. The minimum atomic E-state index is -0.288. The van der Waals surface area contributed by atoms with Gasteiger partial charge in [0.25, 0.3) is 0 Å². The fourth-order valence-corrected chi connectivity index (χ4v) is 2.01. The molecule has 0 radical (unpaired) electrons. The van der Waals surface area contributed by atoms with Gasteiger partial charge in [0.1, 0.15) is 0 Å². The number of carbonyl (C=O) groups excluding carboxylic acids is 1. The molecule has 0 heterocycles. The molecule has 2 N–H and O–H groups in total. The SMILES string of the molecule is NC(=O)C(C/C=C/c1ccccc1)c1ccccc1. The van der Waals surface area contributed by atoms with E-state index in [0.717, 1.165) is 11.1 Å². The molecule has 1 amide bonds. The van der Waals surface area contributed by atoms with E-state index in [1.54, 1.807) is 0 Å². The number of hydrogen-bond acceptors (Lipinski definition) is 1. The smallest absolute Gasteiger partial charge is 0.225 e. The normalized spacial score (nSPS) is 12.4. The van der Waals surface area contributed by atoms with Crippen LogP contribution in [0.5, 0.6) is 0 Å². The molecule has 2 heteroatoms. The summed E-state index contributed by atoms with van der Waals surface area (Å²) in [6, 6.07) is 19.7. The van der Waals surface area contributed by atoms with Crippen LogP contribution in [0.2, 0.25) is 0 Å². The highest BCUT2D eigenvalue weighted by Gasteiger charge is 2.15. The summed E-state index contributed by atoms with van der Waals surface area (Å²) in [5.41, 5.74) is 7.56. The molecule has 0 aliphatic heterocycles. The van der Waals surface area contributed by atoms with Crippen molar-refractivity contribution in [3.05, 3.63) is 77.9 Å². The Bertz CT molecular complexity index is 546. The molecule has 2 rings (SSSR count). The van der Waals surface area contributed by atoms with Crippen molar-refractivity contribution >= 4 is 12.0 Å². The zero-order chi connectivity index (χ0) is 13.5. The molecule has 1 unspecified atom stereocenters. The van der Waals surface area contributed by atoms with Crippen LogP contribution in [0.15, 0.2) is 66.7 Å². The van der Waals surface area contributed by atoms with Gasteiger partial charge in [0.2, 0.25) is 5.91 Å². The molecule has 0 fully saturated rings. The lowest BCUT2D eigenvalue weighted by Gasteiger charge is -2.11. The number of carbonyl (C=O) groups is 1. The minimum Gasteiger partial charge on any atom is -0.369 e. The van der Waals surface area contributed by atoms with Gasteiger partial charge in [-0.2, -0.15) is 0 Å². The fraction of sp³-hybridized carbons (Fsp3) is 0.118. The molecule has 0 aromatic heterocycles. The Labute approximate surface area is 113 Å². The van der Waals surface area contributed by atoms with Crippen LogP contribution in [-0.2, 0) is 4.79 Å². The summed E-state index contributed by atoms with van der Waals surface area (Å²) in [4.78, 5) is 11.5. The molecule has 2 aromatic rings. The van der Waals surface area contributed by atoms with E-state index < -0.39 is 0 Å². The van der Waals surface area contributed by atoms with Crippen LogP contribution in [0.1, 0.15) is 23.5 Å². The van der Waals surface area contributed by atoms with Crippen molar-refractivity contribution < 1.29 is 4.79 Å². The van der Waals surface area contributed by atoms with E-state index in [0.29, 0.717) is 6.42 Å². The average molecular weight is 251 g/mol. The number of benzene rings is 2. The van der Waals surface area contributed by atoms with E-state index in [1.807, 2.05) is 72.8 Å². The van der Waals surface area contributed by atoms with Crippen LogP contribution in [0.4, 0.5) is 0 Å². The van der Waals surface area contributed by atoms with Crippen molar-refractivity contribution in [1.29, 1.82) is 0 Å². The molecule has 2 aromatic carbocycles. The molecular formula is C17H17NO. The van der Waals surface area contributed by atoms with Gasteiger partial charge in [-0.25, -0.2) is 0 Å². The third kappa shape index (κ3) is 3.81. The Morgan fingerprint density at radius 2 is 1.58 bits per heavy atom. The van der Waals surface area contributed by atoms with Gasteiger partial charge in [0.15, 0.2) is 0 Å². The highest BCUT2D eigenvalue weighted by atomic mass is 16.1. The molecule has 0 bridgehead atoms. The van der Waals surface area contributed by atoms with E-state index >= 15 is 0 Å². The predicted molar refractivity (Wildman–Crippen MR) is 78.5 cm³/mol. The largest absolute Gasteiger partial charge is 0.369 e. The van der Waals surface area contributed by atoms with E-state index in [-0.39, 0.29) is 11.8 Å². The second-order valence-corrected chi connectivity index (χ2v) is 4.41. The van der Waals surface area contributed by atoms with Gasteiger partial charge in [0.05, 0.1) is 5.92 Å². The van der Waals surface area contributed by atoms with E-state index in [1.165, 1.54) is 0 Å². The lowest BCUT2D eigenvalue weighted by atomic mass is 9.94. The Hall–Kier alpha value is -2.35. The monoisotopic (exact) mass is 251 g/mol. The van der Waals surface area contributed by atoms with Crippen LogP contribution >= 0.6 is 0 Å².